The Morgan fingerprint density at radius 1 is 1.57 bits per heavy atom. The lowest BCUT2D eigenvalue weighted by Crippen LogP contribution is -2.38. The summed E-state index contributed by atoms with van der Waals surface area (Å²) in [6.45, 7) is 5.53. The van der Waals surface area contributed by atoms with Gasteiger partial charge in [-0.05, 0) is 25.8 Å². The minimum absolute atomic E-state index is 0.124. The molecule has 82 valence electrons. The summed E-state index contributed by atoms with van der Waals surface area (Å²) in [6.07, 6.45) is 3.26. The molecule has 0 aliphatic carbocycles. The molecule has 5 heteroatoms. The maximum Gasteiger partial charge on any atom is 0.213 e. The van der Waals surface area contributed by atoms with Crippen LogP contribution >= 0.6 is 0 Å². The van der Waals surface area contributed by atoms with Crippen LogP contribution < -0.4 is 11.2 Å². The average Bonchev–Trinajstić information content (AvgIpc) is 2.21. The van der Waals surface area contributed by atoms with E-state index in [4.69, 9.17) is 10.9 Å². The normalized spacial score (nSPS) is 21.1. The van der Waals surface area contributed by atoms with Gasteiger partial charge in [0.2, 0.25) is 5.96 Å². The Morgan fingerprint density at radius 2 is 2.21 bits per heavy atom. The van der Waals surface area contributed by atoms with Crippen LogP contribution in [0, 0.1) is 0 Å². The first kappa shape index (κ1) is 11.3. The zero-order chi connectivity index (χ0) is 10.4. The number of nitrogens with zero attached hydrogens (tertiary/aromatic N) is 2. The highest BCUT2D eigenvalue weighted by atomic mass is 16.5. The van der Waals surface area contributed by atoms with Gasteiger partial charge in [0, 0.05) is 13.1 Å². The Labute approximate surface area is 84.9 Å². The minimum Gasteiger partial charge on any atom is -0.368 e. The molecule has 0 saturated carbocycles. The standard InChI is InChI=1S/C9H20N4O/c1-2-5-13-6-3-8(4-7-13)11-9(10)12-14/h8,14H,2-7H2,1H3,(H3,10,11,12). The molecule has 5 nitrogen and oxygen atoms in total. The topological polar surface area (TPSA) is 73.9 Å². The average molecular weight is 200 g/mol. The van der Waals surface area contributed by atoms with E-state index in [1.165, 1.54) is 13.0 Å². The number of hydrogen-bond acceptors (Lipinski definition) is 3. The molecule has 14 heavy (non-hydrogen) atoms. The molecule has 0 spiro atoms. The number of rotatable bonds is 3. The van der Waals surface area contributed by atoms with Crippen LogP contribution in [0.2, 0.25) is 0 Å². The summed E-state index contributed by atoms with van der Waals surface area (Å²) in [7, 11) is 0. The van der Waals surface area contributed by atoms with Crippen LogP contribution in [-0.2, 0) is 0 Å². The zero-order valence-electron chi connectivity index (χ0n) is 8.74. The molecule has 0 aromatic heterocycles. The van der Waals surface area contributed by atoms with E-state index in [0.29, 0.717) is 0 Å². The predicted octanol–water partition coefficient (Wildman–Crippen LogP) is 0.154. The number of piperidine rings is 1. The van der Waals surface area contributed by atoms with Crippen molar-refractivity contribution < 1.29 is 5.21 Å². The third-order valence-electron chi connectivity index (χ3n) is 2.53. The summed E-state index contributed by atoms with van der Waals surface area (Å²) in [4.78, 5) is 6.59. The van der Waals surface area contributed by atoms with E-state index in [2.05, 4.69) is 16.8 Å². The van der Waals surface area contributed by atoms with Crippen molar-refractivity contribution in [2.75, 3.05) is 19.6 Å². The van der Waals surface area contributed by atoms with Gasteiger partial charge in [-0.2, -0.15) is 0 Å². The highest BCUT2D eigenvalue weighted by molar-refractivity contribution is 5.76. The second-order valence-electron chi connectivity index (χ2n) is 3.70. The summed E-state index contributed by atoms with van der Waals surface area (Å²) in [5.74, 6) is 0.124. The number of nitrogens with one attached hydrogen (secondary N) is 1. The van der Waals surface area contributed by atoms with E-state index in [1.807, 2.05) is 5.48 Å². The fourth-order valence-electron chi connectivity index (χ4n) is 1.81. The zero-order valence-corrected chi connectivity index (χ0v) is 8.74. The van der Waals surface area contributed by atoms with E-state index >= 15 is 0 Å². The maximum atomic E-state index is 8.49. The van der Waals surface area contributed by atoms with Crippen LogP contribution in [0.15, 0.2) is 4.99 Å². The number of hydrogen-bond donors (Lipinski definition) is 3. The fraction of sp³-hybridized carbons (Fsp3) is 0.889. The molecular formula is C9H20N4O. The Bertz CT molecular complexity index is 187. The first-order valence-corrected chi connectivity index (χ1v) is 5.22. The Kier molecular flexibility index (Phi) is 4.69. The molecule has 1 heterocycles. The number of likely N-dealkylation sites (tertiary alicyclic amines) is 1. The molecule has 0 radical (unpaired) electrons. The summed E-state index contributed by atoms with van der Waals surface area (Å²) in [5.41, 5.74) is 7.24. The van der Waals surface area contributed by atoms with Crippen LogP contribution in [-0.4, -0.2) is 41.7 Å². The number of hydroxylamine groups is 1. The van der Waals surface area contributed by atoms with Crippen LogP contribution in [0.4, 0.5) is 0 Å². The van der Waals surface area contributed by atoms with Crippen molar-refractivity contribution in [1.82, 2.24) is 10.4 Å². The predicted molar refractivity (Wildman–Crippen MR) is 56.3 cm³/mol. The fourth-order valence-corrected chi connectivity index (χ4v) is 1.81. The molecule has 0 aromatic rings. The monoisotopic (exact) mass is 200 g/mol. The van der Waals surface area contributed by atoms with Crippen LogP contribution in [0.3, 0.4) is 0 Å². The molecule has 1 rings (SSSR count). The number of aliphatic imine (C=N–C) groups is 1. The molecule has 0 atom stereocenters. The molecule has 0 bridgehead atoms. The van der Waals surface area contributed by atoms with Gasteiger partial charge in [-0.15, -0.1) is 0 Å². The lowest BCUT2D eigenvalue weighted by Gasteiger charge is -2.29. The largest absolute Gasteiger partial charge is 0.368 e. The lowest BCUT2D eigenvalue weighted by molar-refractivity contribution is 0.210. The molecule has 0 unspecified atom stereocenters. The van der Waals surface area contributed by atoms with Crippen molar-refractivity contribution in [3.63, 3.8) is 0 Å². The van der Waals surface area contributed by atoms with E-state index < -0.39 is 0 Å². The van der Waals surface area contributed by atoms with Gasteiger partial charge in [-0.3, -0.25) is 5.21 Å². The van der Waals surface area contributed by atoms with Crippen molar-refractivity contribution in [3.8, 4) is 0 Å². The Morgan fingerprint density at radius 3 is 2.71 bits per heavy atom. The van der Waals surface area contributed by atoms with Crippen molar-refractivity contribution in [2.24, 2.45) is 10.7 Å². The van der Waals surface area contributed by atoms with Crippen LogP contribution in [0.5, 0.6) is 0 Å². The molecular weight excluding hydrogens is 180 g/mol. The van der Waals surface area contributed by atoms with Gasteiger partial charge in [0.15, 0.2) is 0 Å². The summed E-state index contributed by atoms with van der Waals surface area (Å²) >= 11 is 0. The lowest BCUT2D eigenvalue weighted by atomic mass is 10.1. The molecule has 0 aromatic carbocycles. The SMILES string of the molecule is CCCN1CCC(N=C(N)NO)CC1. The smallest absolute Gasteiger partial charge is 0.213 e. The van der Waals surface area contributed by atoms with Gasteiger partial charge in [0.05, 0.1) is 6.04 Å². The third kappa shape index (κ3) is 3.51. The van der Waals surface area contributed by atoms with Crippen LogP contribution in [0.1, 0.15) is 26.2 Å². The Balaban J connectivity index is 2.28. The molecule has 4 N–H and O–H groups in total. The van der Waals surface area contributed by atoms with Gasteiger partial charge < -0.3 is 10.6 Å². The number of nitrogens with two attached hydrogens (primary N) is 1. The Hall–Kier alpha value is -0.810. The second kappa shape index (κ2) is 5.82. The van der Waals surface area contributed by atoms with Crippen molar-refractivity contribution in [2.45, 2.75) is 32.2 Å². The minimum atomic E-state index is 0.124. The van der Waals surface area contributed by atoms with Gasteiger partial charge in [0.1, 0.15) is 0 Å². The van der Waals surface area contributed by atoms with Crippen LogP contribution in [0.25, 0.3) is 0 Å². The van der Waals surface area contributed by atoms with Gasteiger partial charge in [-0.25, -0.2) is 10.5 Å². The summed E-state index contributed by atoms with van der Waals surface area (Å²) in [6, 6.07) is 0.266. The molecule has 1 aliphatic rings. The summed E-state index contributed by atoms with van der Waals surface area (Å²) < 4.78 is 0. The molecule has 1 aliphatic heterocycles. The summed E-state index contributed by atoms with van der Waals surface area (Å²) in [5, 5.41) is 8.49. The van der Waals surface area contributed by atoms with Crippen molar-refractivity contribution in [1.29, 1.82) is 0 Å². The van der Waals surface area contributed by atoms with E-state index in [1.54, 1.807) is 0 Å². The van der Waals surface area contributed by atoms with E-state index in [-0.39, 0.29) is 12.0 Å². The van der Waals surface area contributed by atoms with Gasteiger partial charge in [-0.1, -0.05) is 6.92 Å². The van der Waals surface area contributed by atoms with E-state index in [9.17, 15) is 0 Å². The molecule has 0 amide bonds. The van der Waals surface area contributed by atoms with Gasteiger partial charge >= 0.3 is 0 Å². The third-order valence-corrected chi connectivity index (χ3v) is 2.53. The molecule has 1 fully saturated rings. The van der Waals surface area contributed by atoms with Gasteiger partial charge in [0.25, 0.3) is 0 Å². The molecule has 1 saturated heterocycles. The highest BCUT2D eigenvalue weighted by Gasteiger charge is 2.17. The maximum absolute atomic E-state index is 8.49. The first-order chi connectivity index (χ1) is 6.76. The van der Waals surface area contributed by atoms with Crippen molar-refractivity contribution >= 4 is 5.96 Å². The van der Waals surface area contributed by atoms with Crippen molar-refractivity contribution in [3.05, 3.63) is 0 Å². The second-order valence-corrected chi connectivity index (χ2v) is 3.70. The highest BCUT2D eigenvalue weighted by Crippen LogP contribution is 2.13. The quantitative estimate of drug-likeness (QED) is 0.344. The van der Waals surface area contributed by atoms with E-state index in [0.717, 1.165) is 25.9 Å². The number of guanidine groups is 1. The first-order valence-electron chi connectivity index (χ1n) is 5.22.